The zero-order valence-electron chi connectivity index (χ0n) is 10.5. The van der Waals surface area contributed by atoms with E-state index in [-0.39, 0.29) is 12.4 Å². The number of rotatable bonds is 3. The van der Waals surface area contributed by atoms with E-state index in [0.29, 0.717) is 12.8 Å². The van der Waals surface area contributed by atoms with Gasteiger partial charge in [-0.3, -0.25) is 4.79 Å². The average molecular weight is 275 g/mol. The van der Waals surface area contributed by atoms with Crippen LogP contribution in [-0.2, 0) is 14.6 Å². The molecule has 1 saturated carbocycles. The van der Waals surface area contributed by atoms with E-state index in [4.69, 9.17) is 0 Å². The van der Waals surface area contributed by atoms with Crippen molar-refractivity contribution >= 4 is 15.7 Å². The van der Waals surface area contributed by atoms with Crippen molar-refractivity contribution in [2.45, 2.75) is 55.7 Å². The van der Waals surface area contributed by atoms with Crippen LogP contribution in [0.2, 0.25) is 0 Å². The third-order valence-electron chi connectivity index (χ3n) is 4.12. The van der Waals surface area contributed by atoms with Gasteiger partial charge in [0.05, 0.1) is 17.9 Å². The molecule has 0 spiro atoms. The normalized spacial score (nSPS) is 29.9. The van der Waals surface area contributed by atoms with Crippen LogP contribution in [-0.4, -0.2) is 42.6 Å². The molecule has 0 aromatic heterocycles. The van der Waals surface area contributed by atoms with Crippen molar-refractivity contribution in [2.75, 3.05) is 12.4 Å². The second-order valence-corrected chi connectivity index (χ2v) is 7.79. The molecular weight excluding hydrogens is 254 g/mol. The zero-order chi connectivity index (χ0) is 13.2. The summed E-state index contributed by atoms with van der Waals surface area (Å²) in [6, 6.07) is 0. The van der Waals surface area contributed by atoms with Crippen LogP contribution in [0.3, 0.4) is 0 Å². The second kappa shape index (κ2) is 5.17. The quantitative estimate of drug-likeness (QED) is 0.779. The van der Waals surface area contributed by atoms with Crippen molar-refractivity contribution < 1.29 is 18.3 Å². The van der Waals surface area contributed by atoms with E-state index >= 15 is 0 Å². The number of nitrogens with one attached hydrogen (secondary N) is 1. The molecule has 5 nitrogen and oxygen atoms in total. The van der Waals surface area contributed by atoms with E-state index < -0.39 is 26.5 Å². The third kappa shape index (κ3) is 2.69. The van der Waals surface area contributed by atoms with E-state index in [0.717, 1.165) is 32.1 Å². The van der Waals surface area contributed by atoms with Gasteiger partial charge in [-0.15, -0.1) is 0 Å². The fourth-order valence-corrected chi connectivity index (χ4v) is 4.77. The molecule has 1 aliphatic carbocycles. The lowest BCUT2D eigenvalue weighted by Gasteiger charge is -2.31. The number of hydrogen-bond acceptors (Lipinski definition) is 4. The van der Waals surface area contributed by atoms with Crippen molar-refractivity contribution in [1.82, 2.24) is 5.32 Å². The van der Waals surface area contributed by atoms with E-state index in [9.17, 15) is 18.3 Å². The van der Waals surface area contributed by atoms with Crippen LogP contribution in [0.25, 0.3) is 0 Å². The highest BCUT2D eigenvalue weighted by atomic mass is 32.2. The van der Waals surface area contributed by atoms with Crippen molar-refractivity contribution in [3.63, 3.8) is 0 Å². The molecule has 1 amide bonds. The van der Waals surface area contributed by atoms with Gasteiger partial charge in [0.15, 0.2) is 9.84 Å². The maximum absolute atomic E-state index is 12.1. The largest absolute Gasteiger partial charge is 0.394 e. The average Bonchev–Trinajstić information content (AvgIpc) is 2.77. The molecule has 1 atom stereocenters. The highest BCUT2D eigenvalue weighted by Crippen LogP contribution is 2.30. The number of sulfone groups is 1. The Morgan fingerprint density at radius 2 is 1.89 bits per heavy atom. The second-order valence-electron chi connectivity index (χ2n) is 5.49. The Balaban J connectivity index is 2.07. The first kappa shape index (κ1) is 13.8. The summed E-state index contributed by atoms with van der Waals surface area (Å²) in [7, 11) is -3.29. The number of aliphatic hydroxyl groups is 1. The molecule has 2 aliphatic rings. The molecule has 104 valence electrons. The molecule has 1 heterocycles. The summed E-state index contributed by atoms with van der Waals surface area (Å²) in [4.78, 5) is 12.1. The third-order valence-corrected chi connectivity index (χ3v) is 6.30. The minimum atomic E-state index is -3.29. The van der Waals surface area contributed by atoms with Gasteiger partial charge in [0, 0.05) is 0 Å². The SMILES string of the molecule is O=C(NC1(CO)CCCC1)C1CCCCS1(=O)=O. The Bertz CT molecular complexity index is 412. The van der Waals surface area contributed by atoms with E-state index in [1.807, 2.05) is 0 Å². The van der Waals surface area contributed by atoms with Crippen molar-refractivity contribution in [3.05, 3.63) is 0 Å². The number of carbonyl (C=O) groups is 1. The molecule has 0 aromatic rings. The van der Waals surface area contributed by atoms with Crippen LogP contribution in [0.1, 0.15) is 44.9 Å². The molecular formula is C12H21NO4S. The number of amides is 1. The summed E-state index contributed by atoms with van der Waals surface area (Å²) >= 11 is 0. The molecule has 1 saturated heterocycles. The Labute approximate surface area is 108 Å². The van der Waals surface area contributed by atoms with Gasteiger partial charge in [-0.05, 0) is 25.7 Å². The number of carbonyl (C=O) groups excluding carboxylic acids is 1. The molecule has 6 heteroatoms. The van der Waals surface area contributed by atoms with Gasteiger partial charge in [0.1, 0.15) is 5.25 Å². The Morgan fingerprint density at radius 3 is 2.44 bits per heavy atom. The summed E-state index contributed by atoms with van der Waals surface area (Å²) in [6.07, 6.45) is 5.26. The fourth-order valence-electron chi connectivity index (χ4n) is 2.97. The van der Waals surface area contributed by atoms with Gasteiger partial charge in [-0.2, -0.15) is 0 Å². The smallest absolute Gasteiger partial charge is 0.238 e. The van der Waals surface area contributed by atoms with E-state index in [1.165, 1.54) is 0 Å². The van der Waals surface area contributed by atoms with Gasteiger partial charge < -0.3 is 10.4 Å². The zero-order valence-corrected chi connectivity index (χ0v) is 11.3. The van der Waals surface area contributed by atoms with Crippen LogP contribution >= 0.6 is 0 Å². The summed E-state index contributed by atoms with van der Waals surface area (Å²) in [5.41, 5.74) is -0.579. The lowest BCUT2D eigenvalue weighted by Crippen LogP contribution is -2.54. The van der Waals surface area contributed by atoms with Crippen LogP contribution in [0.15, 0.2) is 0 Å². The molecule has 2 fully saturated rings. The lowest BCUT2D eigenvalue weighted by atomic mass is 9.98. The molecule has 2 rings (SSSR count). The summed E-state index contributed by atoms with van der Waals surface area (Å²) in [5.74, 6) is -0.303. The van der Waals surface area contributed by atoms with E-state index in [2.05, 4.69) is 5.32 Å². The van der Waals surface area contributed by atoms with Crippen LogP contribution in [0.4, 0.5) is 0 Å². The predicted molar refractivity (Wildman–Crippen MR) is 67.9 cm³/mol. The molecule has 1 unspecified atom stereocenters. The molecule has 2 N–H and O–H groups in total. The number of aliphatic hydroxyl groups excluding tert-OH is 1. The molecule has 1 aliphatic heterocycles. The molecule has 0 aromatic carbocycles. The van der Waals surface area contributed by atoms with Crippen LogP contribution in [0.5, 0.6) is 0 Å². The highest BCUT2D eigenvalue weighted by molar-refractivity contribution is 7.92. The van der Waals surface area contributed by atoms with Crippen molar-refractivity contribution in [3.8, 4) is 0 Å². The Hall–Kier alpha value is -0.620. The first-order chi connectivity index (χ1) is 8.49. The minimum absolute atomic E-state index is 0.106. The summed E-state index contributed by atoms with van der Waals surface area (Å²) in [5, 5.41) is 11.3. The van der Waals surface area contributed by atoms with Gasteiger partial charge >= 0.3 is 0 Å². The molecule has 18 heavy (non-hydrogen) atoms. The maximum Gasteiger partial charge on any atom is 0.238 e. The first-order valence-electron chi connectivity index (χ1n) is 6.64. The molecule has 0 bridgehead atoms. The number of hydrogen-bond donors (Lipinski definition) is 2. The lowest BCUT2D eigenvalue weighted by molar-refractivity contribution is -0.123. The minimum Gasteiger partial charge on any atom is -0.394 e. The Morgan fingerprint density at radius 1 is 1.22 bits per heavy atom. The van der Waals surface area contributed by atoms with Crippen LogP contribution in [0, 0.1) is 0 Å². The van der Waals surface area contributed by atoms with Crippen LogP contribution < -0.4 is 5.32 Å². The standard InChI is InChI=1S/C12H21NO4S/c14-9-12(6-2-3-7-12)13-11(15)10-5-1-4-8-18(10,16)17/h10,14H,1-9H2,(H,13,15). The van der Waals surface area contributed by atoms with Crippen molar-refractivity contribution in [1.29, 1.82) is 0 Å². The van der Waals surface area contributed by atoms with Crippen molar-refractivity contribution in [2.24, 2.45) is 0 Å². The van der Waals surface area contributed by atoms with Gasteiger partial charge in [0.2, 0.25) is 5.91 Å². The van der Waals surface area contributed by atoms with Gasteiger partial charge in [0.25, 0.3) is 0 Å². The Kier molecular flexibility index (Phi) is 3.96. The van der Waals surface area contributed by atoms with Gasteiger partial charge in [-0.1, -0.05) is 19.3 Å². The predicted octanol–water partition coefficient (Wildman–Crippen LogP) is 0.375. The van der Waals surface area contributed by atoms with Gasteiger partial charge in [-0.25, -0.2) is 8.42 Å². The maximum atomic E-state index is 12.1. The first-order valence-corrected chi connectivity index (χ1v) is 8.35. The summed E-state index contributed by atoms with van der Waals surface area (Å²) < 4.78 is 23.7. The summed E-state index contributed by atoms with van der Waals surface area (Å²) in [6.45, 7) is -0.106. The molecule has 0 radical (unpaired) electrons. The fraction of sp³-hybridized carbons (Fsp3) is 0.917. The van der Waals surface area contributed by atoms with E-state index in [1.54, 1.807) is 0 Å². The highest BCUT2D eigenvalue weighted by Gasteiger charge is 2.40. The monoisotopic (exact) mass is 275 g/mol. The topological polar surface area (TPSA) is 83.5 Å².